The van der Waals surface area contributed by atoms with Crippen LogP contribution in [0.1, 0.15) is 13.3 Å². The van der Waals surface area contributed by atoms with Crippen molar-refractivity contribution in [2.45, 2.75) is 13.3 Å². The van der Waals surface area contributed by atoms with E-state index in [1.54, 1.807) is 0 Å². The number of nitrogens with one attached hydrogen (secondary N) is 1. The minimum atomic E-state index is -0.976. The number of hydrogen-bond acceptors (Lipinski definition) is 3. The van der Waals surface area contributed by atoms with Gasteiger partial charge in [-0.25, -0.2) is 0 Å². The molecule has 0 aromatic carbocycles. The Morgan fingerprint density at radius 2 is 1.92 bits per heavy atom. The van der Waals surface area contributed by atoms with Crippen LogP contribution in [-0.2, 0) is 14.4 Å². The lowest BCUT2D eigenvalue weighted by atomic mass is 10.3. The number of allylic oxidation sites excluding steroid dienone is 1. The molecule has 0 atom stereocenters. The van der Waals surface area contributed by atoms with Crippen LogP contribution < -0.4 is 5.32 Å². The van der Waals surface area contributed by atoms with Gasteiger partial charge in [0.1, 0.15) is 0 Å². The minimum absolute atomic E-state index is 0.0659. The summed E-state index contributed by atoms with van der Waals surface area (Å²) in [5.74, 6) is -1.67. The van der Waals surface area contributed by atoms with Crippen molar-refractivity contribution in [3.05, 3.63) is 12.2 Å². The fourth-order valence-corrected chi connectivity index (χ4v) is 0.545. The van der Waals surface area contributed by atoms with Crippen molar-refractivity contribution in [1.29, 1.82) is 0 Å². The summed E-state index contributed by atoms with van der Waals surface area (Å²) in [5.41, 5.74) is 0. The van der Waals surface area contributed by atoms with E-state index in [1.807, 2.05) is 0 Å². The smallest absolute Gasteiger partial charge is 0.305 e. The lowest BCUT2D eigenvalue weighted by Gasteiger charge is -1.97. The summed E-state index contributed by atoms with van der Waals surface area (Å²) in [5, 5.41) is 10.5. The molecule has 0 rings (SSSR count). The van der Waals surface area contributed by atoms with E-state index in [0.717, 1.165) is 12.2 Å². The highest BCUT2D eigenvalue weighted by molar-refractivity contribution is 5.96. The summed E-state index contributed by atoms with van der Waals surface area (Å²) in [7, 11) is 0. The van der Waals surface area contributed by atoms with Gasteiger partial charge in [0.15, 0.2) is 5.78 Å². The van der Waals surface area contributed by atoms with Gasteiger partial charge in [0.25, 0.3) is 0 Å². The van der Waals surface area contributed by atoms with Crippen LogP contribution in [0.25, 0.3) is 0 Å². The molecule has 0 saturated heterocycles. The van der Waals surface area contributed by atoms with Gasteiger partial charge >= 0.3 is 5.97 Å². The third-order valence-electron chi connectivity index (χ3n) is 1.11. The Morgan fingerprint density at radius 3 is 2.38 bits per heavy atom. The van der Waals surface area contributed by atoms with Crippen molar-refractivity contribution in [2.24, 2.45) is 0 Å². The quantitative estimate of drug-likeness (QED) is 0.577. The van der Waals surface area contributed by atoms with Crippen molar-refractivity contribution >= 4 is 17.7 Å². The first-order valence-electron chi connectivity index (χ1n) is 3.70. The van der Waals surface area contributed by atoms with Gasteiger partial charge in [-0.3, -0.25) is 14.4 Å². The van der Waals surface area contributed by atoms with Gasteiger partial charge in [0, 0.05) is 12.6 Å². The molecule has 0 fully saturated rings. The number of amides is 1. The summed E-state index contributed by atoms with van der Waals surface area (Å²) < 4.78 is 0. The first-order chi connectivity index (χ1) is 6.02. The van der Waals surface area contributed by atoms with Gasteiger partial charge in [0.2, 0.25) is 5.91 Å². The van der Waals surface area contributed by atoms with Crippen molar-refractivity contribution in [3.8, 4) is 0 Å². The van der Waals surface area contributed by atoms with Gasteiger partial charge < -0.3 is 10.4 Å². The van der Waals surface area contributed by atoms with Gasteiger partial charge in [-0.05, 0) is 13.0 Å². The Bertz CT molecular complexity index is 245. The molecule has 0 aliphatic carbocycles. The van der Waals surface area contributed by atoms with E-state index < -0.39 is 11.9 Å². The number of hydrogen-bond donors (Lipinski definition) is 2. The molecule has 0 bridgehead atoms. The predicted molar refractivity (Wildman–Crippen MR) is 45.1 cm³/mol. The summed E-state index contributed by atoms with van der Waals surface area (Å²) >= 11 is 0. The summed E-state index contributed by atoms with van der Waals surface area (Å²) in [6, 6.07) is 0. The predicted octanol–water partition coefficient (Wildman–Crippen LogP) is -0.278. The molecular weight excluding hydrogens is 174 g/mol. The number of carbonyl (C=O) groups excluding carboxylic acids is 2. The topological polar surface area (TPSA) is 83.5 Å². The van der Waals surface area contributed by atoms with Crippen molar-refractivity contribution < 1.29 is 19.5 Å². The van der Waals surface area contributed by atoms with Crippen LogP contribution in [0.5, 0.6) is 0 Å². The van der Waals surface area contributed by atoms with Gasteiger partial charge in [0.05, 0.1) is 6.42 Å². The SMILES string of the molecule is CC(=O)/C=C/C(=O)NCCC(=O)O. The Balaban J connectivity index is 3.64. The summed E-state index contributed by atoms with van der Waals surface area (Å²) in [4.78, 5) is 31.2. The third kappa shape index (κ3) is 8.25. The molecule has 0 aliphatic heterocycles. The highest BCUT2D eigenvalue weighted by Gasteiger charge is 1.98. The molecule has 13 heavy (non-hydrogen) atoms. The first kappa shape index (κ1) is 11.4. The van der Waals surface area contributed by atoms with Gasteiger partial charge in [-0.1, -0.05) is 0 Å². The van der Waals surface area contributed by atoms with E-state index in [-0.39, 0.29) is 18.7 Å². The van der Waals surface area contributed by atoms with E-state index in [0.29, 0.717) is 0 Å². The maximum atomic E-state index is 10.8. The summed E-state index contributed by atoms with van der Waals surface area (Å²) in [6.45, 7) is 1.39. The average molecular weight is 185 g/mol. The second kappa shape index (κ2) is 5.93. The molecule has 5 heteroatoms. The van der Waals surface area contributed by atoms with Gasteiger partial charge in [-0.2, -0.15) is 0 Å². The average Bonchev–Trinajstić information content (AvgIpc) is 2.00. The number of carboxylic acids is 1. The van der Waals surface area contributed by atoms with E-state index >= 15 is 0 Å². The molecule has 1 amide bonds. The number of carboxylic acid groups (broad SMARTS) is 1. The van der Waals surface area contributed by atoms with Crippen LogP contribution in [0, 0.1) is 0 Å². The molecule has 0 heterocycles. The lowest BCUT2D eigenvalue weighted by molar-refractivity contribution is -0.136. The zero-order valence-electron chi connectivity index (χ0n) is 7.24. The van der Waals surface area contributed by atoms with Crippen LogP contribution in [0.4, 0.5) is 0 Å². The molecule has 0 aromatic heterocycles. The zero-order chi connectivity index (χ0) is 10.3. The monoisotopic (exact) mass is 185 g/mol. The maximum Gasteiger partial charge on any atom is 0.305 e. The van der Waals surface area contributed by atoms with Crippen molar-refractivity contribution in [3.63, 3.8) is 0 Å². The molecule has 2 N–H and O–H groups in total. The van der Waals surface area contributed by atoms with Gasteiger partial charge in [-0.15, -0.1) is 0 Å². The number of rotatable bonds is 5. The standard InChI is InChI=1S/C8H11NO4/c1-6(10)2-3-7(11)9-5-4-8(12)13/h2-3H,4-5H2,1H3,(H,9,11)(H,12,13)/b3-2+. The normalized spacial score (nSPS) is 9.92. The highest BCUT2D eigenvalue weighted by atomic mass is 16.4. The molecule has 0 radical (unpaired) electrons. The molecule has 0 saturated carbocycles. The van der Waals surface area contributed by atoms with E-state index in [4.69, 9.17) is 5.11 Å². The van der Waals surface area contributed by atoms with Crippen LogP contribution >= 0.6 is 0 Å². The third-order valence-corrected chi connectivity index (χ3v) is 1.11. The van der Waals surface area contributed by atoms with Crippen molar-refractivity contribution in [2.75, 3.05) is 6.54 Å². The van der Waals surface area contributed by atoms with Crippen LogP contribution in [0.3, 0.4) is 0 Å². The largest absolute Gasteiger partial charge is 0.481 e. The van der Waals surface area contributed by atoms with Crippen LogP contribution in [-0.4, -0.2) is 29.3 Å². The Morgan fingerprint density at radius 1 is 1.31 bits per heavy atom. The van der Waals surface area contributed by atoms with E-state index in [2.05, 4.69) is 5.32 Å². The first-order valence-corrected chi connectivity index (χ1v) is 3.70. The molecule has 0 aromatic rings. The Kier molecular flexibility index (Phi) is 5.18. The van der Waals surface area contributed by atoms with E-state index in [1.165, 1.54) is 6.92 Å². The lowest BCUT2D eigenvalue weighted by Crippen LogP contribution is -2.24. The second-order valence-electron chi connectivity index (χ2n) is 2.38. The van der Waals surface area contributed by atoms with Crippen LogP contribution in [0.15, 0.2) is 12.2 Å². The number of carbonyl (C=O) groups is 3. The molecule has 0 unspecified atom stereocenters. The van der Waals surface area contributed by atoms with Crippen LogP contribution in [0.2, 0.25) is 0 Å². The maximum absolute atomic E-state index is 10.8. The van der Waals surface area contributed by atoms with E-state index in [9.17, 15) is 14.4 Å². The fourth-order valence-electron chi connectivity index (χ4n) is 0.545. The molecule has 72 valence electrons. The number of aliphatic carboxylic acids is 1. The molecule has 0 spiro atoms. The second-order valence-corrected chi connectivity index (χ2v) is 2.38. The van der Waals surface area contributed by atoms with Crippen molar-refractivity contribution in [1.82, 2.24) is 5.32 Å². The zero-order valence-corrected chi connectivity index (χ0v) is 7.24. The number of ketones is 1. The fraction of sp³-hybridized carbons (Fsp3) is 0.375. The molecule has 0 aliphatic rings. The Hall–Kier alpha value is -1.65. The molecule has 5 nitrogen and oxygen atoms in total. The summed E-state index contributed by atoms with van der Waals surface area (Å²) in [6.07, 6.45) is 2.07. The Labute approximate surface area is 75.4 Å². The minimum Gasteiger partial charge on any atom is -0.481 e. The molecular formula is C8H11NO4. The highest BCUT2D eigenvalue weighted by Crippen LogP contribution is 1.79.